The van der Waals surface area contributed by atoms with Gasteiger partial charge in [0.15, 0.2) is 0 Å². The molecule has 0 aliphatic carbocycles. The zero-order valence-corrected chi connectivity index (χ0v) is 10.5. The van der Waals surface area contributed by atoms with Crippen molar-refractivity contribution < 1.29 is 0 Å². The lowest BCUT2D eigenvalue weighted by atomic mass is 10.0. The molecule has 0 saturated carbocycles. The Morgan fingerprint density at radius 2 is 1.67 bits per heavy atom. The number of nitrogens with zero attached hydrogens (tertiary/aromatic N) is 1. The summed E-state index contributed by atoms with van der Waals surface area (Å²) in [4.78, 5) is 2.72. The van der Waals surface area contributed by atoms with E-state index in [9.17, 15) is 0 Å². The van der Waals surface area contributed by atoms with Crippen molar-refractivity contribution in [1.82, 2.24) is 10.2 Å². The topological polar surface area (TPSA) is 15.3 Å². The minimum absolute atomic E-state index is 0.804. The third kappa shape index (κ3) is 2.73. The molecule has 2 heterocycles. The Bertz CT molecular complexity index is 191. The van der Waals surface area contributed by atoms with Crippen LogP contribution >= 0.6 is 0 Å². The van der Waals surface area contributed by atoms with Crippen molar-refractivity contribution in [2.75, 3.05) is 26.2 Å². The highest BCUT2D eigenvalue weighted by Crippen LogP contribution is 2.28. The van der Waals surface area contributed by atoms with Crippen LogP contribution in [0.25, 0.3) is 0 Å². The van der Waals surface area contributed by atoms with E-state index in [-0.39, 0.29) is 0 Å². The molecule has 2 aliphatic rings. The molecule has 0 amide bonds. The van der Waals surface area contributed by atoms with Crippen LogP contribution in [0.3, 0.4) is 0 Å². The zero-order chi connectivity index (χ0) is 10.8. The summed E-state index contributed by atoms with van der Waals surface area (Å²) in [6, 6.07) is 0.804. The molecule has 2 saturated heterocycles. The molecule has 2 fully saturated rings. The largest absolute Gasteiger partial charge is 0.316 e. The Kier molecular flexibility index (Phi) is 3.68. The highest BCUT2D eigenvalue weighted by molar-refractivity contribution is 4.92. The van der Waals surface area contributed by atoms with Crippen LogP contribution in [0.1, 0.15) is 33.6 Å². The number of nitrogens with one attached hydrogen (secondary N) is 1. The van der Waals surface area contributed by atoms with Gasteiger partial charge >= 0.3 is 0 Å². The van der Waals surface area contributed by atoms with Crippen LogP contribution in [0.2, 0.25) is 0 Å². The molecule has 0 radical (unpaired) electrons. The number of likely N-dealkylation sites (tertiary alicyclic amines) is 1. The quantitative estimate of drug-likeness (QED) is 0.763. The Morgan fingerprint density at radius 1 is 1.07 bits per heavy atom. The number of rotatable bonds is 4. The summed E-state index contributed by atoms with van der Waals surface area (Å²) in [5.74, 6) is 2.76. The smallest absolute Gasteiger partial charge is 0.00672 e. The van der Waals surface area contributed by atoms with E-state index in [4.69, 9.17) is 0 Å². The van der Waals surface area contributed by atoms with Crippen molar-refractivity contribution in [3.63, 3.8) is 0 Å². The molecule has 0 aromatic rings. The molecule has 88 valence electrons. The molecule has 0 aromatic carbocycles. The molecule has 0 spiro atoms. The van der Waals surface area contributed by atoms with Crippen molar-refractivity contribution in [2.45, 2.75) is 39.7 Å². The molecule has 2 heteroatoms. The molecular formula is C13H26N2. The number of fused-ring (bicyclic) bond motifs is 1. The van der Waals surface area contributed by atoms with E-state index in [0.717, 1.165) is 23.8 Å². The van der Waals surface area contributed by atoms with Crippen molar-refractivity contribution in [3.05, 3.63) is 0 Å². The van der Waals surface area contributed by atoms with Gasteiger partial charge in [0.05, 0.1) is 0 Å². The molecule has 3 atom stereocenters. The average Bonchev–Trinajstić information content (AvgIpc) is 2.72. The van der Waals surface area contributed by atoms with Gasteiger partial charge in [-0.25, -0.2) is 0 Å². The summed E-state index contributed by atoms with van der Waals surface area (Å²) in [6.45, 7) is 12.3. The Hall–Kier alpha value is -0.0800. The molecule has 2 rings (SSSR count). The maximum absolute atomic E-state index is 3.51. The molecule has 15 heavy (non-hydrogen) atoms. The van der Waals surface area contributed by atoms with E-state index in [0.29, 0.717) is 0 Å². The molecular weight excluding hydrogens is 184 g/mol. The van der Waals surface area contributed by atoms with Gasteiger partial charge in [0, 0.05) is 19.1 Å². The van der Waals surface area contributed by atoms with Gasteiger partial charge in [-0.2, -0.15) is 0 Å². The monoisotopic (exact) mass is 210 g/mol. The summed E-state index contributed by atoms with van der Waals surface area (Å²) in [7, 11) is 0. The third-order valence-corrected chi connectivity index (χ3v) is 4.20. The van der Waals surface area contributed by atoms with Crippen LogP contribution < -0.4 is 5.32 Å². The van der Waals surface area contributed by atoms with E-state index in [1.807, 2.05) is 0 Å². The normalized spacial score (nSPS) is 33.6. The van der Waals surface area contributed by atoms with Crippen LogP contribution in [0.4, 0.5) is 0 Å². The van der Waals surface area contributed by atoms with Crippen molar-refractivity contribution in [2.24, 2.45) is 17.8 Å². The number of hydrogen-bond acceptors (Lipinski definition) is 2. The SMILES string of the molecule is CC(C)CCC(C)N1CC2CNCC2C1. The highest BCUT2D eigenvalue weighted by Gasteiger charge is 2.37. The van der Waals surface area contributed by atoms with Crippen LogP contribution in [0, 0.1) is 17.8 Å². The first-order chi connectivity index (χ1) is 7.16. The molecule has 3 unspecified atom stereocenters. The van der Waals surface area contributed by atoms with Gasteiger partial charge in [-0.1, -0.05) is 13.8 Å². The first-order valence-electron chi connectivity index (χ1n) is 6.61. The second-order valence-electron chi connectivity index (χ2n) is 5.95. The van der Waals surface area contributed by atoms with Crippen LogP contribution in [0.5, 0.6) is 0 Å². The van der Waals surface area contributed by atoms with Gasteiger partial charge in [-0.15, -0.1) is 0 Å². The second kappa shape index (κ2) is 4.84. The third-order valence-electron chi connectivity index (χ3n) is 4.20. The first-order valence-corrected chi connectivity index (χ1v) is 6.61. The maximum atomic E-state index is 3.51. The Morgan fingerprint density at radius 3 is 2.20 bits per heavy atom. The van der Waals surface area contributed by atoms with Crippen molar-refractivity contribution in [3.8, 4) is 0 Å². The minimum Gasteiger partial charge on any atom is -0.316 e. The van der Waals surface area contributed by atoms with Gasteiger partial charge in [-0.05, 0) is 50.6 Å². The predicted molar refractivity (Wildman–Crippen MR) is 65.0 cm³/mol. The first kappa shape index (κ1) is 11.4. The van der Waals surface area contributed by atoms with E-state index in [1.54, 1.807) is 0 Å². The molecule has 0 aromatic heterocycles. The summed E-state index contributed by atoms with van der Waals surface area (Å²) in [5.41, 5.74) is 0. The van der Waals surface area contributed by atoms with E-state index in [1.165, 1.54) is 39.0 Å². The molecule has 1 N–H and O–H groups in total. The van der Waals surface area contributed by atoms with E-state index >= 15 is 0 Å². The van der Waals surface area contributed by atoms with Crippen molar-refractivity contribution in [1.29, 1.82) is 0 Å². The van der Waals surface area contributed by atoms with Gasteiger partial charge < -0.3 is 5.32 Å². The molecule has 0 bridgehead atoms. The van der Waals surface area contributed by atoms with Gasteiger partial charge in [-0.3, -0.25) is 4.90 Å². The lowest BCUT2D eigenvalue weighted by molar-refractivity contribution is 0.221. The van der Waals surface area contributed by atoms with Crippen LogP contribution in [0.15, 0.2) is 0 Å². The highest BCUT2D eigenvalue weighted by atomic mass is 15.2. The summed E-state index contributed by atoms with van der Waals surface area (Å²) < 4.78 is 0. The number of hydrogen-bond donors (Lipinski definition) is 1. The Balaban J connectivity index is 1.75. The average molecular weight is 210 g/mol. The van der Waals surface area contributed by atoms with Gasteiger partial charge in [0.1, 0.15) is 0 Å². The summed E-state index contributed by atoms with van der Waals surface area (Å²) >= 11 is 0. The maximum Gasteiger partial charge on any atom is 0.00672 e. The minimum atomic E-state index is 0.804. The fourth-order valence-corrected chi connectivity index (χ4v) is 3.01. The Labute approximate surface area is 94.4 Å². The predicted octanol–water partition coefficient (Wildman–Crippen LogP) is 1.96. The molecule has 2 nitrogen and oxygen atoms in total. The van der Waals surface area contributed by atoms with E-state index < -0.39 is 0 Å². The lowest BCUT2D eigenvalue weighted by Crippen LogP contribution is -2.33. The lowest BCUT2D eigenvalue weighted by Gasteiger charge is -2.25. The summed E-state index contributed by atoms with van der Waals surface area (Å²) in [5, 5.41) is 3.51. The zero-order valence-electron chi connectivity index (χ0n) is 10.5. The second-order valence-corrected chi connectivity index (χ2v) is 5.95. The molecule has 2 aliphatic heterocycles. The van der Waals surface area contributed by atoms with Gasteiger partial charge in [0.25, 0.3) is 0 Å². The van der Waals surface area contributed by atoms with Gasteiger partial charge in [0.2, 0.25) is 0 Å². The van der Waals surface area contributed by atoms with Crippen LogP contribution in [-0.4, -0.2) is 37.1 Å². The van der Waals surface area contributed by atoms with Crippen molar-refractivity contribution >= 4 is 0 Å². The standard InChI is InChI=1S/C13H26N2/c1-10(2)4-5-11(3)15-8-12-6-14-7-13(12)9-15/h10-14H,4-9H2,1-3H3. The fraction of sp³-hybridized carbons (Fsp3) is 1.00. The summed E-state index contributed by atoms with van der Waals surface area (Å²) in [6.07, 6.45) is 2.76. The van der Waals surface area contributed by atoms with Crippen LogP contribution in [-0.2, 0) is 0 Å². The fourth-order valence-electron chi connectivity index (χ4n) is 3.01. The van der Waals surface area contributed by atoms with E-state index in [2.05, 4.69) is 31.0 Å².